The van der Waals surface area contributed by atoms with Crippen molar-refractivity contribution in [2.75, 3.05) is 7.11 Å². The fourth-order valence-electron chi connectivity index (χ4n) is 3.33. The predicted octanol–water partition coefficient (Wildman–Crippen LogP) is 4.35. The standard InChI is InChI=1S/C23H27N3O3S/c1-16-8-11-18(12-9-16)22(27)29-20-13-10-17(14-21(20)28-2)15-24-26-23(30)25-19-6-4-3-5-7-19/h8-15,19H,3-7H2,1-2H3,(H2,25,26,30). The van der Waals surface area contributed by atoms with E-state index in [1.807, 2.05) is 19.1 Å². The fourth-order valence-corrected chi connectivity index (χ4v) is 3.55. The van der Waals surface area contributed by atoms with Crippen molar-refractivity contribution < 1.29 is 14.3 Å². The average molecular weight is 426 g/mol. The molecule has 0 atom stereocenters. The smallest absolute Gasteiger partial charge is 0.343 e. The van der Waals surface area contributed by atoms with Crippen molar-refractivity contribution >= 4 is 29.5 Å². The molecule has 1 fully saturated rings. The second kappa shape index (κ2) is 10.7. The summed E-state index contributed by atoms with van der Waals surface area (Å²) in [5, 5.41) is 8.01. The number of nitrogens with one attached hydrogen (secondary N) is 2. The van der Waals surface area contributed by atoms with Gasteiger partial charge in [0.25, 0.3) is 0 Å². The van der Waals surface area contributed by atoms with E-state index in [4.69, 9.17) is 21.7 Å². The van der Waals surface area contributed by atoms with Crippen molar-refractivity contribution in [3.63, 3.8) is 0 Å². The molecule has 2 aromatic rings. The van der Waals surface area contributed by atoms with Gasteiger partial charge in [-0.1, -0.05) is 37.0 Å². The summed E-state index contributed by atoms with van der Waals surface area (Å²) >= 11 is 5.30. The first-order valence-electron chi connectivity index (χ1n) is 10.1. The number of thiocarbonyl (C=S) groups is 1. The largest absolute Gasteiger partial charge is 0.493 e. The molecule has 1 aliphatic carbocycles. The van der Waals surface area contributed by atoms with Crippen molar-refractivity contribution in [1.82, 2.24) is 10.7 Å². The number of ether oxygens (including phenoxy) is 2. The third-order valence-corrected chi connectivity index (χ3v) is 5.21. The van der Waals surface area contributed by atoms with E-state index in [1.54, 1.807) is 36.5 Å². The van der Waals surface area contributed by atoms with Crippen molar-refractivity contribution in [3.05, 3.63) is 59.2 Å². The van der Waals surface area contributed by atoms with Gasteiger partial charge in [0, 0.05) is 6.04 Å². The molecule has 0 heterocycles. The van der Waals surface area contributed by atoms with E-state index < -0.39 is 5.97 Å². The molecule has 0 aromatic heterocycles. The Bertz CT molecular complexity index is 906. The lowest BCUT2D eigenvalue weighted by Gasteiger charge is -2.23. The number of hydrazone groups is 1. The first-order valence-corrected chi connectivity index (χ1v) is 10.5. The highest BCUT2D eigenvalue weighted by Gasteiger charge is 2.14. The summed E-state index contributed by atoms with van der Waals surface area (Å²) in [6.07, 6.45) is 7.71. The second-order valence-electron chi connectivity index (χ2n) is 7.34. The van der Waals surface area contributed by atoms with E-state index in [9.17, 15) is 4.79 Å². The van der Waals surface area contributed by atoms with E-state index in [1.165, 1.54) is 26.4 Å². The number of aryl methyl sites for hydroxylation is 1. The van der Waals surface area contributed by atoms with E-state index in [-0.39, 0.29) is 0 Å². The predicted molar refractivity (Wildman–Crippen MR) is 122 cm³/mol. The Balaban J connectivity index is 1.57. The van der Waals surface area contributed by atoms with Crippen molar-refractivity contribution in [2.24, 2.45) is 5.10 Å². The highest BCUT2D eigenvalue weighted by molar-refractivity contribution is 7.80. The molecule has 3 rings (SSSR count). The third-order valence-electron chi connectivity index (χ3n) is 5.00. The topological polar surface area (TPSA) is 71.9 Å². The molecule has 0 saturated heterocycles. The number of hydrogen-bond acceptors (Lipinski definition) is 5. The van der Waals surface area contributed by atoms with Gasteiger partial charge >= 0.3 is 5.97 Å². The summed E-state index contributed by atoms with van der Waals surface area (Å²) in [5.41, 5.74) is 5.20. The molecule has 0 aliphatic heterocycles. The number of esters is 1. The monoisotopic (exact) mass is 425 g/mol. The highest BCUT2D eigenvalue weighted by atomic mass is 32.1. The molecule has 30 heavy (non-hydrogen) atoms. The van der Waals surface area contributed by atoms with Crippen LogP contribution in [0.3, 0.4) is 0 Å². The SMILES string of the molecule is COc1cc(C=NNC(=S)NC2CCCCC2)ccc1OC(=O)c1ccc(C)cc1. The van der Waals surface area contributed by atoms with Crippen LogP contribution in [0.2, 0.25) is 0 Å². The number of nitrogens with zero attached hydrogens (tertiary/aromatic N) is 1. The van der Waals surface area contributed by atoms with Crippen LogP contribution in [0.25, 0.3) is 0 Å². The molecular formula is C23H27N3O3S. The Hall–Kier alpha value is -2.93. The van der Waals surface area contributed by atoms with Crippen LogP contribution in [0.5, 0.6) is 11.5 Å². The van der Waals surface area contributed by atoms with Crippen LogP contribution < -0.4 is 20.2 Å². The van der Waals surface area contributed by atoms with Gasteiger partial charge in [0.2, 0.25) is 0 Å². The van der Waals surface area contributed by atoms with Crippen LogP contribution >= 0.6 is 12.2 Å². The van der Waals surface area contributed by atoms with E-state index >= 15 is 0 Å². The first-order chi connectivity index (χ1) is 14.5. The Morgan fingerprint density at radius 3 is 2.53 bits per heavy atom. The van der Waals surface area contributed by atoms with E-state index in [2.05, 4.69) is 15.8 Å². The minimum absolute atomic E-state index is 0.350. The molecule has 158 valence electrons. The lowest BCUT2D eigenvalue weighted by Crippen LogP contribution is -2.40. The first kappa shape index (κ1) is 21.8. The van der Waals surface area contributed by atoms with Gasteiger partial charge in [0.05, 0.1) is 18.9 Å². The average Bonchev–Trinajstić information content (AvgIpc) is 2.75. The van der Waals surface area contributed by atoms with E-state index in [0.717, 1.165) is 24.0 Å². The molecule has 0 spiro atoms. The summed E-state index contributed by atoms with van der Waals surface area (Å²) in [7, 11) is 1.53. The summed E-state index contributed by atoms with van der Waals surface area (Å²) in [6.45, 7) is 1.96. The number of rotatable bonds is 6. The summed E-state index contributed by atoms with van der Waals surface area (Å²) < 4.78 is 10.9. The zero-order valence-electron chi connectivity index (χ0n) is 17.3. The Labute approximate surface area is 182 Å². The maximum atomic E-state index is 12.4. The number of methoxy groups -OCH3 is 1. The lowest BCUT2D eigenvalue weighted by atomic mass is 9.96. The zero-order valence-corrected chi connectivity index (χ0v) is 18.1. The van der Waals surface area contributed by atoms with Crippen molar-refractivity contribution in [3.8, 4) is 11.5 Å². The van der Waals surface area contributed by atoms with Crippen LogP contribution in [-0.2, 0) is 0 Å². The number of carbonyl (C=O) groups is 1. The zero-order chi connectivity index (χ0) is 21.3. The van der Waals surface area contributed by atoms with Crippen molar-refractivity contribution in [1.29, 1.82) is 0 Å². The lowest BCUT2D eigenvalue weighted by molar-refractivity contribution is 0.0729. The maximum absolute atomic E-state index is 12.4. The number of carbonyl (C=O) groups excluding carboxylic acids is 1. The van der Waals surface area contributed by atoms with Gasteiger partial charge in [-0.25, -0.2) is 4.79 Å². The van der Waals surface area contributed by atoms with Crippen LogP contribution in [-0.4, -0.2) is 30.4 Å². The van der Waals surface area contributed by atoms with Gasteiger partial charge in [-0.2, -0.15) is 5.10 Å². The van der Waals surface area contributed by atoms with E-state index in [0.29, 0.717) is 28.2 Å². The molecule has 0 bridgehead atoms. The molecular weight excluding hydrogens is 398 g/mol. The van der Waals surface area contributed by atoms with Gasteiger partial charge in [0.15, 0.2) is 16.6 Å². The molecule has 0 unspecified atom stereocenters. The molecule has 2 aromatic carbocycles. The number of hydrogen-bond donors (Lipinski definition) is 2. The maximum Gasteiger partial charge on any atom is 0.343 e. The van der Waals surface area contributed by atoms with Crippen molar-refractivity contribution in [2.45, 2.75) is 45.1 Å². The van der Waals surface area contributed by atoms with Crippen LogP contribution in [0.4, 0.5) is 0 Å². The molecule has 0 amide bonds. The number of benzene rings is 2. The Morgan fingerprint density at radius 2 is 1.83 bits per heavy atom. The Morgan fingerprint density at radius 1 is 1.10 bits per heavy atom. The molecule has 0 radical (unpaired) electrons. The molecule has 1 saturated carbocycles. The summed E-state index contributed by atoms with van der Waals surface area (Å²) in [6, 6.07) is 12.9. The van der Waals surface area contributed by atoms with Gasteiger partial charge < -0.3 is 14.8 Å². The van der Waals surface area contributed by atoms with Crippen LogP contribution in [0, 0.1) is 6.92 Å². The van der Waals surface area contributed by atoms with Gasteiger partial charge in [-0.05, 0) is 67.9 Å². The molecule has 1 aliphatic rings. The fraction of sp³-hybridized carbons (Fsp3) is 0.348. The second-order valence-corrected chi connectivity index (χ2v) is 7.75. The summed E-state index contributed by atoms with van der Waals surface area (Å²) in [4.78, 5) is 12.4. The Kier molecular flexibility index (Phi) is 7.79. The van der Waals surface area contributed by atoms with Crippen LogP contribution in [0.15, 0.2) is 47.6 Å². The minimum atomic E-state index is -0.435. The van der Waals surface area contributed by atoms with Gasteiger partial charge in [-0.3, -0.25) is 5.43 Å². The normalized spacial score (nSPS) is 14.3. The van der Waals surface area contributed by atoms with Gasteiger partial charge in [-0.15, -0.1) is 0 Å². The quantitative estimate of drug-likeness (QED) is 0.236. The minimum Gasteiger partial charge on any atom is -0.493 e. The van der Waals surface area contributed by atoms with Crippen LogP contribution in [0.1, 0.15) is 53.6 Å². The van der Waals surface area contributed by atoms with Gasteiger partial charge in [0.1, 0.15) is 0 Å². The third kappa shape index (κ3) is 6.29. The molecule has 6 nitrogen and oxygen atoms in total. The molecule has 7 heteroatoms. The molecule has 2 N–H and O–H groups in total. The summed E-state index contributed by atoms with van der Waals surface area (Å²) in [5.74, 6) is 0.362. The highest BCUT2D eigenvalue weighted by Crippen LogP contribution is 2.28.